The van der Waals surface area contributed by atoms with Crippen LogP contribution in [0.15, 0.2) is 48.6 Å². The van der Waals surface area contributed by atoms with Gasteiger partial charge in [0.1, 0.15) is 36.3 Å². The molecule has 6 fully saturated rings. The van der Waals surface area contributed by atoms with Crippen molar-refractivity contribution in [1.82, 2.24) is 0 Å². The number of fused-ring (bicyclic) bond motifs is 7. The van der Waals surface area contributed by atoms with Crippen LogP contribution in [0.3, 0.4) is 0 Å². The van der Waals surface area contributed by atoms with Crippen LogP contribution >= 0.6 is 68.0 Å². The van der Waals surface area contributed by atoms with Gasteiger partial charge in [0.05, 0.1) is 70.0 Å². The molecule has 0 saturated carbocycles. The van der Waals surface area contributed by atoms with Crippen molar-refractivity contribution in [2.24, 2.45) is 23.7 Å². The first-order valence-corrected chi connectivity index (χ1v) is 34.2. The Kier molecular flexibility index (Phi) is 18.8. The summed E-state index contributed by atoms with van der Waals surface area (Å²) in [7, 11) is 13.2. The molecular formula is C43H72O9P8. The summed E-state index contributed by atoms with van der Waals surface area (Å²) in [5.74, 6) is 1.48. The molecular weight excluding hydrogens is 908 g/mol. The fourth-order valence-corrected chi connectivity index (χ4v) is 14.8. The normalized spacial score (nSPS) is 44.2. The monoisotopic (exact) mass is 980 g/mol. The Morgan fingerprint density at radius 1 is 0.783 bits per heavy atom. The Morgan fingerprint density at radius 2 is 1.50 bits per heavy atom. The topological polar surface area (TPSA) is 90.9 Å². The van der Waals surface area contributed by atoms with Gasteiger partial charge in [-0.25, -0.2) is 0 Å². The number of ether oxygens (including phenoxy) is 6. The number of Topliss-reactive ketones (excluding diaryl/α,β-unsaturated/α-hetero) is 1. The van der Waals surface area contributed by atoms with E-state index in [2.05, 4.69) is 97.3 Å². The molecule has 0 N–H and O–H groups in total. The highest BCUT2D eigenvalue weighted by Gasteiger charge is 2.59. The maximum Gasteiger partial charge on any atom is 0.135 e. The predicted molar refractivity (Wildman–Crippen MR) is 265 cm³/mol. The van der Waals surface area contributed by atoms with Crippen LogP contribution in [-0.4, -0.2) is 97.4 Å². The van der Waals surface area contributed by atoms with E-state index in [1.807, 2.05) is 0 Å². The molecule has 0 aromatic rings. The standard InChI is InChI=1S/C43H72O9P8/c1-22-7-8-29-18-25(4)33(45-29)11-9-30-17-24(3)26(5)36(46-30)21-37-32(27(6)35(48-37)15-23(2)13-14-58-53)20-28(44)19-31-10-12-34-39(47-31)43(52-60(56)57)42-41(49-34)40(51-59(54)55)38(16-22)50-42/h7-8,23-24,27,29-43,58H,1,4-5,9-21,53-57H2,2-3,6H3/b8-7+/t23-,24-,27-,29+,30+,31-,32?,33?,34+,35-,36?,37+,38-,39+,40+,41+,42-,43+/m1/s1. The van der Waals surface area contributed by atoms with Crippen LogP contribution in [0, 0.1) is 23.7 Å². The third kappa shape index (κ3) is 12.4. The molecule has 9 unspecified atom stereocenters. The summed E-state index contributed by atoms with van der Waals surface area (Å²) in [5.41, 5.74) is 3.21. The van der Waals surface area contributed by atoms with Crippen LogP contribution in [0.2, 0.25) is 0 Å². The molecule has 7 heterocycles. The summed E-state index contributed by atoms with van der Waals surface area (Å²) < 4.78 is 54.6. The number of hydrogen-bond acceptors (Lipinski definition) is 9. The molecule has 0 radical (unpaired) electrons. The largest absolute Gasteiger partial charge is 0.374 e. The average molecular weight is 981 g/mol. The van der Waals surface area contributed by atoms with E-state index in [9.17, 15) is 4.79 Å². The van der Waals surface area contributed by atoms with Gasteiger partial charge in [0, 0.05) is 32.1 Å². The maximum atomic E-state index is 14.3. The number of allylic oxidation sites excluding steroid dienone is 1. The van der Waals surface area contributed by atoms with Gasteiger partial charge in [-0.2, -0.15) is 0 Å². The second kappa shape index (κ2) is 22.7. The Balaban J connectivity index is 1.15. The number of ketones is 1. The minimum Gasteiger partial charge on any atom is -0.374 e. The number of carbonyl (C=O) groups is 1. The van der Waals surface area contributed by atoms with Crippen molar-refractivity contribution in [3.63, 3.8) is 0 Å². The van der Waals surface area contributed by atoms with Crippen molar-refractivity contribution in [2.75, 3.05) is 6.16 Å². The lowest BCUT2D eigenvalue weighted by Gasteiger charge is -2.48. The van der Waals surface area contributed by atoms with Gasteiger partial charge < -0.3 is 37.5 Å². The van der Waals surface area contributed by atoms with Crippen molar-refractivity contribution in [3.8, 4) is 0 Å². The van der Waals surface area contributed by atoms with Crippen molar-refractivity contribution in [1.29, 1.82) is 0 Å². The van der Waals surface area contributed by atoms with Crippen LogP contribution in [0.25, 0.3) is 0 Å². The molecule has 0 aromatic carbocycles. The average Bonchev–Trinajstić information content (AvgIpc) is 3.81. The zero-order chi connectivity index (χ0) is 42.8. The molecule has 8 bridgehead atoms. The maximum absolute atomic E-state index is 14.3. The molecule has 0 amide bonds. The van der Waals surface area contributed by atoms with E-state index < -0.39 is 21.2 Å². The first kappa shape index (κ1) is 49.6. The Morgan fingerprint density at radius 3 is 2.25 bits per heavy atom. The van der Waals surface area contributed by atoms with E-state index in [1.54, 1.807) is 0 Å². The second-order valence-corrected chi connectivity index (χ2v) is 32.4. The third-order valence-corrected chi connectivity index (χ3v) is 18.1. The smallest absolute Gasteiger partial charge is 0.135 e. The zero-order valence-electron chi connectivity index (χ0n) is 35.8. The summed E-state index contributed by atoms with van der Waals surface area (Å²) in [5, 5.41) is 0. The minimum absolute atomic E-state index is 0.0187. The number of carbonyl (C=O) groups excluding carboxylic acids is 1. The van der Waals surface area contributed by atoms with Gasteiger partial charge in [-0.3, -0.25) is 4.79 Å². The Hall–Kier alpha value is 1.75. The van der Waals surface area contributed by atoms with E-state index >= 15 is 0 Å². The van der Waals surface area contributed by atoms with Gasteiger partial charge in [-0.1, -0.05) is 93.9 Å². The number of hydrogen-bond donors (Lipinski definition) is 0. The van der Waals surface area contributed by atoms with E-state index in [0.717, 1.165) is 76.4 Å². The van der Waals surface area contributed by atoms with Crippen LogP contribution in [0.4, 0.5) is 0 Å². The quantitative estimate of drug-likeness (QED) is 0.165. The first-order valence-electron chi connectivity index (χ1n) is 22.2. The van der Waals surface area contributed by atoms with Crippen LogP contribution < -0.4 is 0 Å². The molecule has 60 heavy (non-hydrogen) atoms. The molecule has 17 heteroatoms. The van der Waals surface area contributed by atoms with Gasteiger partial charge in [0.2, 0.25) is 0 Å². The fraction of sp³-hybridized carbons (Fsp3) is 0.791. The Bertz CT molecular complexity index is 1550. The highest BCUT2D eigenvalue weighted by Crippen LogP contribution is 2.60. The molecule has 0 spiro atoms. The molecule has 0 aromatic heterocycles. The lowest BCUT2D eigenvalue weighted by Crippen LogP contribution is -2.61. The molecule has 338 valence electrons. The molecule has 7 aliphatic heterocycles. The van der Waals surface area contributed by atoms with Crippen molar-refractivity contribution in [3.05, 3.63) is 48.6 Å². The fourth-order valence-electron chi connectivity index (χ4n) is 10.9. The van der Waals surface area contributed by atoms with Gasteiger partial charge in [-0.05, 0) is 85.9 Å². The van der Waals surface area contributed by atoms with Gasteiger partial charge in [0.25, 0.3) is 0 Å². The van der Waals surface area contributed by atoms with Gasteiger partial charge in [-0.15, -0.1) is 17.2 Å². The van der Waals surface area contributed by atoms with E-state index in [0.29, 0.717) is 31.1 Å². The third-order valence-electron chi connectivity index (χ3n) is 14.2. The molecule has 7 aliphatic rings. The predicted octanol–water partition coefficient (Wildman–Crippen LogP) is 10.8. The SMILES string of the molecule is C=C1/C=C/[C@H]2CC(=C)C(CC[C@H]3C[C@@H](C)C(=C)C(C[C@@H]4O[C@H](C[C@H](C)CCPP)[C@H](C)C4CC(=O)C[C@H]4CC[C@@H]5O[C@@H]6[C@@H](O[C@H](C1)[C@@H]6OP(P)P)[C@@H](OP(P)P)[C@H]5O4)O3)O2. The second-order valence-electron chi connectivity index (χ2n) is 18.7. The highest BCUT2D eigenvalue weighted by molar-refractivity contribution is 8.41. The summed E-state index contributed by atoms with van der Waals surface area (Å²) in [4.78, 5) is 14.3. The van der Waals surface area contributed by atoms with Gasteiger partial charge >= 0.3 is 0 Å². The molecule has 0 aliphatic carbocycles. The first-order chi connectivity index (χ1) is 28.7. The lowest BCUT2D eigenvalue weighted by molar-refractivity contribution is -0.251. The Labute approximate surface area is 376 Å². The van der Waals surface area contributed by atoms with Crippen LogP contribution in [0.5, 0.6) is 0 Å². The lowest BCUT2D eigenvalue weighted by atomic mass is 9.78. The summed E-state index contributed by atoms with van der Waals surface area (Å²) >= 11 is 0. The summed E-state index contributed by atoms with van der Waals surface area (Å²) in [6, 6.07) is 0. The van der Waals surface area contributed by atoms with E-state index in [4.69, 9.17) is 37.5 Å². The van der Waals surface area contributed by atoms with Crippen LogP contribution in [0.1, 0.15) is 97.8 Å². The van der Waals surface area contributed by atoms with Crippen LogP contribution in [-0.2, 0) is 42.3 Å². The minimum atomic E-state index is -0.912. The number of rotatable bonds is 9. The van der Waals surface area contributed by atoms with Crippen molar-refractivity contribution >= 4 is 73.7 Å². The highest BCUT2D eigenvalue weighted by atomic mass is 32.4. The molecule has 24 atom stereocenters. The molecule has 7 rings (SSSR count). The molecule has 9 nitrogen and oxygen atoms in total. The zero-order valence-corrected chi connectivity index (χ0v) is 44.4. The summed E-state index contributed by atoms with van der Waals surface area (Å²) in [6.45, 7) is 20.4. The van der Waals surface area contributed by atoms with Crippen molar-refractivity contribution in [2.45, 2.75) is 183 Å². The summed E-state index contributed by atoms with van der Waals surface area (Å²) in [6.07, 6.45) is 12.2. The van der Waals surface area contributed by atoms with Crippen molar-refractivity contribution < 1.29 is 42.3 Å². The van der Waals surface area contributed by atoms with E-state index in [-0.39, 0.29) is 97.0 Å². The molecule has 6 saturated heterocycles. The van der Waals surface area contributed by atoms with Gasteiger partial charge in [0.15, 0.2) is 0 Å². The van der Waals surface area contributed by atoms with E-state index in [1.165, 1.54) is 12.6 Å².